The first-order valence-corrected chi connectivity index (χ1v) is 7.26. The summed E-state index contributed by atoms with van der Waals surface area (Å²) in [5.74, 6) is 0.301. The number of nitrogens with zero attached hydrogens (tertiary/aromatic N) is 2. The van der Waals surface area contributed by atoms with E-state index in [-0.39, 0.29) is 5.41 Å². The molecule has 0 spiro atoms. The Morgan fingerprint density at radius 1 is 1.42 bits per heavy atom. The van der Waals surface area contributed by atoms with Gasteiger partial charge in [0.15, 0.2) is 0 Å². The van der Waals surface area contributed by atoms with E-state index in [4.69, 9.17) is 5.73 Å². The molecule has 4 nitrogen and oxygen atoms in total. The van der Waals surface area contributed by atoms with E-state index in [1.54, 1.807) is 0 Å². The Hall–Kier alpha value is -1.16. The van der Waals surface area contributed by atoms with Crippen LogP contribution in [0.5, 0.6) is 0 Å². The lowest BCUT2D eigenvalue weighted by molar-refractivity contribution is -0.121. The summed E-state index contributed by atoms with van der Waals surface area (Å²) in [6, 6.07) is 1.99. The van der Waals surface area contributed by atoms with Gasteiger partial charge < -0.3 is 5.73 Å². The van der Waals surface area contributed by atoms with Gasteiger partial charge >= 0.3 is 0 Å². The summed E-state index contributed by atoms with van der Waals surface area (Å²) in [6.45, 7) is 2.60. The SMILES string of the molecule is Cc1cc(CC(=O)CC2(CN)CCCCC2)n(C)n1. The standard InChI is InChI=1S/C15H25N3O/c1-12-8-13(18(2)17-12)9-14(19)10-15(11-16)6-4-3-5-7-15/h8H,3-7,9-11,16H2,1-2H3. The molecule has 1 aliphatic rings. The zero-order chi connectivity index (χ0) is 13.9. The average Bonchev–Trinajstić information content (AvgIpc) is 2.68. The van der Waals surface area contributed by atoms with E-state index in [0.29, 0.717) is 25.2 Å². The second-order valence-electron chi connectivity index (χ2n) is 6.06. The van der Waals surface area contributed by atoms with Crippen LogP contribution in [0.1, 0.15) is 49.9 Å². The second-order valence-corrected chi connectivity index (χ2v) is 6.06. The van der Waals surface area contributed by atoms with Crippen molar-refractivity contribution >= 4 is 5.78 Å². The minimum Gasteiger partial charge on any atom is -0.330 e. The maximum absolute atomic E-state index is 12.3. The second kappa shape index (κ2) is 5.87. The van der Waals surface area contributed by atoms with Crippen molar-refractivity contribution in [3.63, 3.8) is 0 Å². The Bertz CT molecular complexity index is 444. The number of rotatable bonds is 5. The lowest BCUT2D eigenvalue weighted by Crippen LogP contribution is -2.35. The first-order valence-electron chi connectivity index (χ1n) is 7.26. The fraction of sp³-hybridized carbons (Fsp3) is 0.733. The van der Waals surface area contributed by atoms with E-state index in [9.17, 15) is 4.79 Å². The predicted octanol–water partition coefficient (Wildman–Crippen LogP) is 2.14. The van der Waals surface area contributed by atoms with Gasteiger partial charge in [0.05, 0.1) is 5.69 Å². The summed E-state index contributed by atoms with van der Waals surface area (Å²) in [5, 5.41) is 4.29. The van der Waals surface area contributed by atoms with Crippen LogP contribution in [-0.4, -0.2) is 22.1 Å². The van der Waals surface area contributed by atoms with Gasteiger partial charge in [-0.1, -0.05) is 19.3 Å². The van der Waals surface area contributed by atoms with E-state index in [0.717, 1.165) is 24.2 Å². The van der Waals surface area contributed by atoms with Gasteiger partial charge in [0.1, 0.15) is 5.78 Å². The van der Waals surface area contributed by atoms with Crippen LogP contribution in [0.3, 0.4) is 0 Å². The maximum atomic E-state index is 12.3. The van der Waals surface area contributed by atoms with Gasteiger partial charge in [0, 0.05) is 25.6 Å². The fourth-order valence-corrected chi connectivity index (χ4v) is 3.27. The minimum absolute atomic E-state index is 0.0724. The van der Waals surface area contributed by atoms with Crippen molar-refractivity contribution in [2.45, 2.75) is 51.9 Å². The highest BCUT2D eigenvalue weighted by molar-refractivity contribution is 5.81. The Kier molecular flexibility index (Phi) is 4.40. The third-order valence-electron chi connectivity index (χ3n) is 4.40. The normalized spacial score (nSPS) is 18.5. The van der Waals surface area contributed by atoms with Crippen LogP contribution in [0.25, 0.3) is 0 Å². The number of ketones is 1. The molecular weight excluding hydrogens is 238 g/mol. The summed E-state index contributed by atoms with van der Waals surface area (Å²) in [5.41, 5.74) is 7.99. The molecule has 106 valence electrons. The molecule has 0 saturated heterocycles. The highest BCUT2D eigenvalue weighted by atomic mass is 16.1. The van der Waals surface area contributed by atoms with Crippen molar-refractivity contribution in [3.8, 4) is 0 Å². The molecule has 1 saturated carbocycles. The maximum Gasteiger partial charge on any atom is 0.139 e. The van der Waals surface area contributed by atoms with Gasteiger partial charge in [-0.25, -0.2) is 0 Å². The number of hydrogen-bond acceptors (Lipinski definition) is 3. The number of carbonyl (C=O) groups is 1. The van der Waals surface area contributed by atoms with E-state index >= 15 is 0 Å². The molecule has 0 aromatic carbocycles. The van der Waals surface area contributed by atoms with Gasteiger partial charge in [-0.2, -0.15) is 5.10 Å². The molecule has 1 aromatic rings. The molecule has 1 fully saturated rings. The van der Waals surface area contributed by atoms with E-state index in [2.05, 4.69) is 5.10 Å². The summed E-state index contributed by atoms with van der Waals surface area (Å²) in [7, 11) is 1.90. The predicted molar refractivity (Wildman–Crippen MR) is 75.8 cm³/mol. The number of nitrogens with two attached hydrogens (primary N) is 1. The molecule has 0 bridgehead atoms. The molecule has 2 rings (SSSR count). The Morgan fingerprint density at radius 2 is 2.11 bits per heavy atom. The van der Waals surface area contributed by atoms with Crippen molar-refractivity contribution in [1.82, 2.24) is 9.78 Å². The zero-order valence-electron chi connectivity index (χ0n) is 12.1. The van der Waals surface area contributed by atoms with Crippen LogP contribution in [0.2, 0.25) is 0 Å². The smallest absolute Gasteiger partial charge is 0.139 e. The van der Waals surface area contributed by atoms with Gasteiger partial charge in [0.25, 0.3) is 0 Å². The Morgan fingerprint density at radius 3 is 2.63 bits per heavy atom. The van der Waals surface area contributed by atoms with E-state index in [1.807, 2.05) is 24.7 Å². The molecule has 0 amide bonds. The molecule has 1 aromatic heterocycles. The van der Waals surface area contributed by atoms with Gasteiger partial charge in [0.2, 0.25) is 0 Å². The Labute approximate surface area is 115 Å². The summed E-state index contributed by atoms with van der Waals surface area (Å²) < 4.78 is 1.81. The highest BCUT2D eigenvalue weighted by Gasteiger charge is 2.32. The van der Waals surface area contributed by atoms with Crippen molar-refractivity contribution < 1.29 is 4.79 Å². The van der Waals surface area contributed by atoms with Gasteiger partial charge in [-0.15, -0.1) is 0 Å². The van der Waals surface area contributed by atoms with Crippen LogP contribution in [-0.2, 0) is 18.3 Å². The summed E-state index contributed by atoms with van der Waals surface area (Å²) in [4.78, 5) is 12.3. The van der Waals surface area contributed by atoms with Crippen molar-refractivity contribution in [3.05, 3.63) is 17.5 Å². The topological polar surface area (TPSA) is 60.9 Å². The zero-order valence-corrected chi connectivity index (χ0v) is 12.1. The molecule has 2 N–H and O–H groups in total. The summed E-state index contributed by atoms with van der Waals surface area (Å²) in [6.07, 6.45) is 7.06. The molecule has 1 heterocycles. The van der Waals surface area contributed by atoms with Crippen molar-refractivity contribution in [2.75, 3.05) is 6.54 Å². The molecule has 4 heteroatoms. The number of hydrogen-bond donors (Lipinski definition) is 1. The van der Waals surface area contributed by atoms with Crippen LogP contribution >= 0.6 is 0 Å². The molecule has 19 heavy (non-hydrogen) atoms. The lowest BCUT2D eigenvalue weighted by atomic mass is 9.70. The fourth-order valence-electron chi connectivity index (χ4n) is 3.27. The van der Waals surface area contributed by atoms with Crippen LogP contribution in [0, 0.1) is 12.3 Å². The van der Waals surface area contributed by atoms with Crippen LogP contribution in [0.15, 0.2) is 6.07 Å². The monoisotopic (exact) mass is 263 g/mol. The molecule has 0 atom stereocenters. The quantitative estimate of drug-likeness (QED) is 0.885. The number of aromatic nitrogens is 2. The molecular formula is C15H25N3O. The first-order chi connectivity index (χ1) is 9.04. The lowest BCUT2D eigenvalue weighted by Gasteiger charge is -2.35. The average molecular weight is 263 g/mol. The molecule has 0 aliphatic heterocycles. The van der Waals surface area contributed by atoms with E-state index in [1.165, 1.54) is 19.3 Å². The van der Waals surface area contributed by atoms with Crippen molar-refractivity contribution in [1.29, 1.82) is 0 Å². The minimum atomic E-state index is 0.0724. The van der Waals surface area contributed by atoms with E-state index < -0.39 is 0 Å². The molecule has 0 unspecified atom stereocenters. The molecule has 0 radical (unpaired) electrons. The molecule has 1 aliphatic carbocycles. The highest BCUT2D eigenvalue weighted by Crippen LogP contribution is 2.38. The Balaban J connectivity index is 1.98. The largest absolute Gasteiger partial charge is 0.330 e. The van der Waals surface area contributed by atoms with Crippen LogP contribution in [0.4, 0.5) is 0 Å². The van der Waals surface area contributed by atoms with Gasteiger partial charge in [-0.3, -0.25) is 9.48 Å². The summed E-state index contributed by atoms with van der Waals surface area (Å²) >= 11 is 0. The van der Waals surface area contributed by atoms with Crippen LogP contribution < -0.4 is 5.73 Å². The number of Topliss-reactive ketones (excluding diaryl/α,β-unsaturated/α-hetero) is 1. The van der Waals surface area contributed by atoms with Gasteiger partial charge in [-0.05, 0) is 37.8 Å². The third kappa shape index (κ3) is 3.44. The van der Waals surface area contributed by atoms with Crippen molar-refractivity contribution in [2.24, 2.45) is 18.2 Å². The third-order valence-corrected chi connectivity index (χ3v) is 4.40. The number of aryl methyl sites for hydroxylation is 2. The number of carbonyl (C=O) groups excluding carboxylic acids is 1. The first kappa shape index (κ1) is 14.3.